The predicted octanol–water partition coefficient (Wildman–Crippen LogP) is 7.06. The molecule has 25 heavy (non-hydrogen) atoms. The molecule has 0 fully saturated rings. The van der Waals surface area contributed by atoms with Gasteiger partial charge in [0.1, 0.15) is 0 Å². The highest BCUT2D eigenvalue weighted by molar-refractivity contribution is 5.84. The molecule has 0 saturated heterocycles. The highest BCUT2D eigenvalue weighted by atomic mass is 14.4. The van der Waals surface area contributed by atoms with Crippen molar-refractivity contribution in [3.8, 4) is 22.3 Å². The number of benzene rings is 3. The van der Waals surface area contributed by atoms with Crippen LogP contribution in [-0.2, 0) is 5.41 Å². The van der Waals surface area contributed by atoms with Crippen molar-refractivity contribution in [3.05, 3.63) is 82.9 Å². The maximum absolute atomic E-state index is 2.45. The zero-order valence-electron chi connectivity index (χ0n) is 15.7. The molecule has 126 valence electrons. The van der Waals surface area contributed by atoms with E-state index in [0.29, 0.717) is 0 Å². The second-order valence-corrected chi connectivity index (χ2v) is 7.46. The fourth-order valence-corrected chi connectivity index (χ4v) is 4.55. The van der Waals surface area contributed by atoms with Crippen LogP contribution in [0.15, 0.2) is 60.7 Å². The normalized spacial score (nSPS) is 14.2. The van der Waals surface area contributed by atoms with Crippen molar-refractivity contribution in [1.82, 2.24) is 0 Å². The molecular weight excluding hydrogens is 300 g/mol. The van der Waals surface area contributed by atoms with Gasteiger partial charge in [-0.1, -0.05) is 79.6 Å². The van der Waals surface area contributed by atoms with E-state index in [-0.39, 0.29) is 5.41 Å². The standard InChI is InChI=1S/C25H26/c1-5-25(6-2)23-15-18(4)9-13-21(23)22-14-12-20(16-24(22)25)19-10-7-17(3)8-11-19/h7-16H,5-6H2,1-4H3. The van der Waals surface area contributed by atoms with Crippen LogP contribution in [0.3, 0.4) is 0 Å². The Labute approximate surface area is 151 Å². The van der Waals surface area contributed by atoms with E-state index in [2.05, 4.69) is 88.4 Å². The van der Waals surface area contributed by atoms with E-state index in [9.17, 15) is 0 Å². The lowest BCUT2D eigenvalue weighted by Gasteiger charge is -2.30. The number of aryl methyl sites for hydroxylation is 2. The van der Waals surface area contributed by atoms with Crippen LogP contribution in [0.4, 0.5) is 0 Å². The van der Waals surface area contributed by atoms with Gasteiger partial charge in [-0.2, -0.15) is 0 Å². The highest BCUT2D eigenvalue weighted by Gasteiger charge is 2.40. The van der Waals surface area contributed by atoms with Gasteiger partial charge in [-0.05, 0) is 66.1 Å². The molecule has 0 aromatic heterocycles. The summed E-state index contributed by atoms with van der Waals surface area (Å²) in [5, 5.41) is 0. The van der Waals surface area contributed by atoms with Crippen LogP contribution in [0.25, 0.3) is 22.3 Å². The van der Waals surface area contributed by atoms with Gasteiger partial charge in [0.05, 0.1) is 0 Å². The quantitative estimate of drug-likeness (QED) is 0.483. The monoisotopic (exact) mass is 326 g/mol. The smallest absolute Gasteiger partial charge is 0.0210 e. The molecule has 3 aromatic rings. The topological polar surface area (TPSA) is 0 Å². The third-order valence-corrected chi connectivity index (χ3v) is 6.11. The van der Waals surface area contributed by atoms with Crippen LogP contribution in [-0.4, -0.2) is 0 Å². The van der Waals surface area contributed by atoms with Crippen molar-refractivity contribution in [2.75, 3.05) is 0 Å². The first kappa shape index (κ1) is 16.1. The van der Waals surface area contributed by atoms with Gasteiger partial charge in [0, 0.05) is 5.41 Å². The van der Waals surface area contributed by atoms with Gasteiger partial charge >= 0.3 is 0 Å². The Kier molecular flexibility index (Phi) is 3.80. The molecule has 1 aliphatic carbocycles. The van der Waals surface area contributed by atoms with Gasteiger partial charge in [-0.15, -0.1) is 0 Å². The fraction of sp³-hybridized carbons (Fsp3) is 0.280. The van der Waals surface area contributed by atoms with E-state index in [0.717, 1.165) is 12.8 Å². The third kappa shape index (κ3) is 2.35. The molecule has 0 amide bonds. The van der Waals surface area contributed by atoms with Gasteiger partial charge < -0.3 is 0 Å². The Hall–Kier alpha value is -2.34. The third-order valence-electron chi connectivity index (χ3n) is 6.11. The lowest BCUT2D eigenvalue weighted by Crippen LogP contribution is -2.23. The summed E-state index contributed by atoms with van der Waals surface area (Å²) in [5.41, 5.74) is 11.3. The zero-order valence-corrected chi connectivity index (χ0v) is 15.7. The van der Waals surface area contributed by atoms with Crippen LogP contribution in [0.2, 0.25) is 0 Å². The maximum atomic E-state index is 2.45. The summed E-state index contributed by atoms with van der Waals surface area (Å²) in [6, 6.07) is 22.9. The summed E-state index contributed by atoms with van der Waals surface area (Å²) < 4.78 is 0. The Bertz CT molecular complexity index is 925. The van der Waals surface area contributed by atoms with Gasteiger partial charge in [0.15, 0.2) is 0 Å². The summed E-state index contributed by atoms with van der Waals surface area (Å²) in [7, 11) is 0. The second-order valence-electron chi connectivity index (χ2n) is 7.46. The Morgan fingerprint density at radius 1 is 0.600 bits per heavy atom. The summed E-state index contributed by atoms with van der Waals surface area (Å²) in [6.07, 6.45) is 2.29. The SMILES string of the molecule is CCC1(CC)c2cc(C)ccc2-c2ccc(-c3ccc(C)cc3)cc21. The molecule has 0 unspecified atom stereocenters. The van der Waals surface area contributed by atoms with Crippen LogP contribution in [0, 0.1) is 13.8 Å². The Morgan fingerprint density at radius 2 is 1.12 bits per heavy atom. The van der Waals surface area contributed by atoms with Crippen LogP contribution < -0.4 is 0 Å². The fourth-order valence-electron chi connectivity index (χ4n) is 4.55. The number of hydrogen-bond acceptors (Lipinski definition) is 0. The molecule has 0 nitrogen and oxygen atoms in total. The van der Waals surface area contributed by atoms with Gasteiger partial charge in [-0.25, -0.2) is 0 Å². The van der Waals surface area contributed by atoms with Crippen molar-refractivity contribution in [2.45, 2.75) is 46.0 Å². The molecule has 0 radical (unpaired) electrons. The van der Waals surface area contributed by atoms with Crippen molar-refractivity contribution in [3.63, 3.8) is 0 Å². The first-order valence-corrected chi connectivity index (χ1v) is 9.42. The molecular formula is C25H26. The molecule has 0 aliphatic heterocycles. The predicted molar refractivity (Wildman–Crippen MR) is 108 cm³/mol. The zero-order chi connectivity index (χ0) is 17.6. The molecule has 0 atom stereocenters. The van der Waals surface area contributed by atoms with Crippen LogP contribution in [0.1, 0.15) is 48.9 Å². The molecule has 3 aromatic carbocycles. The number of fused-ring (bicyclic) bond motifs is 3. The molecule has 0 N–H and O–H groups in total. The molecule has 0 spiro atoms. The summed E-state index contributed by atoms with van der Waals surface area (Å²) in [6.45, 7) is 9.02. The van der Waals surface area contributed by atoms with Crippen molar-refractivity contribution in [2.24, 2.45) is 0 Å². The summed E-state index contributed by atoms with van der Waals surface area (Å²) >= 11 is 0. The Morgan fingerprint density at radius 3 is 1.76 bits per heavy atom. The lowest BCUT2D eigenvalue weighted by molar-refractivity contribution is 0.490. The van der Waals surface area contributed by atoms with Crippen LogP contribution >= 0.6 is 0 Å². The molecule has 0 heteroatoms. The summed E-state index contributed by atoms with van der Waals surface area (Å²) in [4.78, 5) is 0. The molecule has 4 rings (SSSR count). The first-order valence-electron chi connectivity index (χ1n) is 9.42. The van der Waals surface area contributed by atoms with Gasteiger partial charge in [0.25, 0.3) is 0 Å². The number of rotatable bonds is 3. The van der Waals surface area contributed by atoms with Crippen molar-refractivity contribution >= 4 is 0 Å². The molecule has 0 heterocycles. The second kappa shape index (κ2) is 5.88. The van der Waals surface area contributed by atoms with Gasteiger partial charge in [-0.3, -0.25) is 0 Å². The molecule has 0 bridgehead atoms. The van der Waals surface area contributed by atoms with E-state index in [1.807, 2.05) is 0 Å². The highest BCUT2D eigenvalue weighted by Crippen LogP contribution is 2.53. The Balaban J connectivity index is 1.94. The van der Waals surface area contributed by atoms with Gasteiger partial charge in [0.2, 0.25) is 0 Å². The van der Waals surface area contributed by atoms with Crippen LogP contribution in [0.5, 0.6) is 0 Å². The minimum Gasteiger partial charge on any atom is -0.0642 e. The number of hydrogen-bond donors (Lipinski definition) is 0. The molecule has 0 saturated carbocycles. The average Bonchev–Trinajstić information content (AvgIpc) is 2.91. The first-order chi connectivity index (χ1) is 12.1. The minimum atomic E-state index is 0.150. The summed E-state index contributed by atoms with van der Waals surface area (Å²) in [5.74, 6) is 0. The minimum absolute atomic E-state index is 0.150. The lowest BCUT2D eigenvalue weighted by atomic mass is 9.73. The maximum Gasteiger partial charge on any atom is 0.0210 e. The van der Waals surface area contributed by atoms with Crippen molar-refractivity contribution < 1.29 is 0 Å². The average molecular weight is 326 g/mol. The van der Waals surface area contributed by atoms with E-state index < -0.39 is 0 Å². The van der Waals surface area contributed by atoms with E-state index >= 15 is 0 Å². The van der Waals surface area contributed by atoms with E-state index in [1.165, 1.54) is 44.5 Å². The van der Waals surface area contributed by atoms with E-state index in [1.54, 1.807) is 0 Å². The van der Waals surface area contributed by atoms with Crippen molar-refractivity contribution in [1.29, 1.82) is 0 Å². The molecule has 1 aliphatic rings. The largest absolute Gasteiger partial charge is 0.0642 e. The van der Waals surface area contributed by atoms with E-state index in [4.69, 9.17) is 0 Å².